The quantitative estimate of drug-likeness (QED) is 0.734. The third kappa shape index (κ3) is 2.30. The minimum atomic E-state index is -0.481. The first-order valence-electron chi connectivity index (χ1n) is 5.41. The van der Waals surface area contributed by atoms with E-state index in [2.05, 4.69) is 22.1 Å². The molecule has 2 heterocycles. The molecule has 0 spiro atoms. The Labute approximate surface area is 94.6 Å². The number of nitrogens with one attached hydrogen (secondary N) is 1. The third-order valence-corrected chi connectivity index (χ3v) is 2.73. The molecule has 2 rings (SSSR count). The fourth-order valence-electron chi connectivity index (χ4n) is 1.92. The second-order valence-corrected chi connectivity index (χ2v) is 4.06. The maximum absolute atomic E-state index is 11.0. The van der Waals surface area contributed by atoms with Crippen LogP contribution in [-0.4, -0.2) is 36.6 Å². The zero-order chi connectivity index (χ0) is 11.5. The number of pyridine rings is 1. The lowest BCUT2D eigenvalue weighted by molar-refractivity contribution is 0.0995. The molecule has 5 nitrogen and oxygen atoms in total. The third-order valence-electron chi connectivity index (χ3n) is 2.73. The normalized spacial score (nSPS) is 20.8. The number of anilines is 1. The summed E-state index contributed by atoms with van der Waals surface area (Å²) in [6.07, 6.45) is 1.63. The number of rotatable bonds is 2. The lowest BCUT2D eigenvalue weighted by atomic mass is 10.2. The molecule has 1 atom stereocenters. The number of nitrogens with zero attached hydrogens (tertiary/aromatic N) is 2. The predicted octanol–water partition coefficient (Wildman–Crippen LogP) is -0.0214. The van der Waals surface area contributed by atoms with Crippen LogP contribution in [-0.2, 0) is 0 Å². The van der Waals surface area contributed by atoms with Gasteiger partial charge in [-0.15, -0.1) is 0 Å². The molecule has 1 aliphatic rings. The average Bonchev–Trinajstić information content (AvgIpc) is 2.29. The second-order valence-electron chi connectivity index (χ2n) is 4.06. The Morgan fingerprint density at radius 3 is 3.19 bits per heavy atom. The van der Waals surface area contributed by atoms with Gasteiger partial charge < -0.3 is 16.0 Å². The van der Waals surface area contributed by atoms with Gasteiger partial charge in [0.25, 0.3) is 5.91 Å². The number of aromatic nitrogens is 1. The molecule has 1 aliphatic heterocycles. The first kappa shape index (κ1) is 10.9. The summed E-state index contributed by atoms with van der Waals surface area (Å²) in [4.78, 5) is 17.2. The van der Waals surface area contributed by atoms with Gasteiger partial charge in [0.1, 0.15) is 5.69 Å². The minimum absolute atomic E-state index is 0.323. The van der Waals surface area contributed by atoms with Crippen molar-refractivity contribution in [1.82, 2.24) is 10.3 Å². The molecule has 5 heteroatoms. The molecule has 1 unspecified atom stereocenters. The van der Waals surface area contributed by atoms with Gasteiger partial charge in [0.15, 0.2) is 0 Å². The van der Waals surface area contributed by atoms with Crippen LogP contribution in [0.4, 0.5) is 5.69 Å². The topological polar surface area (TPSA) is 71.2 Å². The predicted molar refractivity (Wildman–Crippen MR) is 62.4 cm³/mol. The van der Waals surface area contributed by atoms with Gasteiger partial charge in [-0.3, -0.25) is 9.78 Å². The van der Waals surface area contributed by atoms with E-state index < -0.39 is 5.91 Å². The van der Waals surface area contributed by atoms with Crippen molar-refractivity contribution in [2.75, 3.05) is 24.5 Å². The summed E-state index contributed by atoms with van der Waals surface area (Å²) in [6.45, 7) is 4.96. The van der Waals surface area contributed by atoms with Crippen molar-refractivity contribution in [2.24, 2.45) is 5.73 Å². The Balaban J connectivity index is 2.19. The van der Waals surface area contributed by atoms with Crippen molar-refractivity contribution < 1.29 is 4.79 Å². The number of primary amides is 1. The number of carbonyl (C=O) groups is 1. The Bertz CT molecular complexity index is 393. The summed E-state index contributed by atoms with van der Waals surface area (Å²) in [5, 5.41) is 3.37. The van der Waals surface area contributed by atoms with E-state index in [9.17, 15) is 4.79 Å². The van der Waals surface area contributed by atoms with Crippen molar-refractivity contribution in [3.8, 4) is 0 Å². The molecule has 1 amide bonds. The molecule has 0 bridgehead atoms. The molecular weight excluding hydrogens is 204 g/mol. The molecular formula is C11H16N4O. The first-order valence-corrected chi connectivity index (χ1v) is 5.41. The number of carbonyl (C=O) groups excluding carboxylic acids is 1. The van der Waals surface area contributed by atoms with Crippen molar-refractivity contribution in [2.45, 2.75) is 13.0 Å². The van der Waals surface area contributed by atoms with Gasteiger partial charge in [-0.1, -0.05) is 0 Å². The van der Waals surface area contributed by atoms with Crippen LogP contribution in [0.15, 0.2) is 18.3 Å². The molecule has 0 aromatic carbocycles. The summed E-state index contributed by atoms with van der Waals surface area (Å²) in [7, 11) is 0. The summed E-state index contributed by atoms with van der Waals surface area (Å²) in [5.41, 5.74) is 6.54. The SMILES string of the molecule is CC1CN(c2ccnc(C(N)=O)c2)CCN1. The molecule has 0 saturated carbocycles. The summed E-state index contributed by atoms with van der Waals surface area (Å²) < 4.78 is 0. The summed E-state index contributed by atoms with van der Waals surface area (Å²) in [6, 6.07) is 4.11. The zero-order valence-corrected chi connectivity index (χ0v) is 9.31. The van der Waals surface area contributed by atoms with Gasteiger partial charge >= 0.3 is 0 Å². The fraction of sp³-hybridized carbons (Fsp3) is 0.455. The summed E-state index contributed by atoms with van der Waals surface area (Å²) >= 11 is 0. The van der Waals surface area contributed by atoms with Gasteiger partial charge in [0, 0.05) is 37.6 Å². The maximum atomic E-state index is 11.0. The molecule has 1 saturated heterocycles. The van der Waals surface area contributed by atoms with E-state index in [4.69, 9.17) is 5.73 Å². The highest BCUT2D eigenvalue weighted by Gasteiger charge is 2.16. The minimum Gasteiger partial charge on any atom is -0.369 e. The van der Waals surface area contributed by atoms with E-state index in [1.54, 1.807) is 12.3 Å². The Hall–Kier alpha value is -1.62. The van der Waals surface area contributed by atoms with Crippen LogP contribution < -0.4 is 16.0 Å². The first-order chi connectivity index (χ1) is 7.66. The monoisotopic (exact) mass is 220 g/mol. The van der Waals surface area contributed by atoms with Gasteiger partial charge in [-0.25, -0.2) is 0 Å². The molecule has 3 N–H and O–H groups in total. The van der Waals surface area contributed by atoms with Crippen molar-refractivity contribution in [3.05, 3.63) is 24.0 Å². The Kier molecular flexibility index (Phi) is 3.05. The lowest BCUT2D eigenvalue weighted by Gasteiger charge is -2.33. The van der Waals surface area contributed by atoms with Crippen LogP contribution in [0.25, 0.3) is 0 Å². The van der Waals surface area contributed by atoms with Crippen LogP contribution in [0.1, 0.15) is 17.4 Å². The lowest BCUT2D eigenvalue weighted by Crippen LogP contribution is -2.49. The molecule has 1 aromatic rings. The Morgan fingerprint density at radius 2 is 2.50 bits per heavy atom. The van der Waals surface area contributed by atoms with E-state index in [0.29, 0.717) is 11.7 Å². The van der Waals surface area contributed by atoms with E-state index >= 15 is 0 Å². The fourth-order valence-corrected chi connectivity index (χ4v) is 1.92. The van der Waals surface area contributed by atoms with Crippen molar-refractivity contribution >= 4 is 11.6 Å². The highest BCUT2D eigenvalue weighted by Crippen LogP contribution is 2.16. The number of hydrogen-bond donors (Lipinski definition) is 2. The van der Waals surface area contributed by atoms with E-state index in [1.165, 1.54) is 0 Å². The number of hydrogen-bond acceptors (Lipinski definition) is 4. The van der Waals surface area contributed by atoms with E-state index in [1.807, 2.05) is 6.07 Å². The molecule has 0 radical (unpaired) electrons. The van der Waals surface area contributed by atoms with E-state index in [-0.39, 0.29) is 0 Å². The van der Waals surface area contributed by atoms with E-state index in [0.717, 1.165) is 25.3 Å². The standard InChI is InChI=1S/C11H16N4O/c1-8-7-15(5-4-13-8)9-2-3-14-10(6-9)11(12)16/h2-3,6,8,13H,4-5,7H2,1H3,(H2,12,16). The van der Waals surface area contributed by atoms with Crippen molar-refractivity contribution in [1.29, 1.82) is 0 Å². The highest BCUT2D eigenvalue weighted by molar-refractivity contribution is 5.91. The van der Waals surface area contributed by atoms with Crippen LogP contribution in [0, 0.1) is 0 Å². The molecule has 1 fully saturated rings. The average molecular weight is 220 g/mol. The van der Waals surface area contributed by atoms with Crippen LogP contribution in [0.2, 0.25) is 0 Å². The zero-order valence-electron chi connectivity index (χ0n) is 9.31. The van der Waals surface area contributed by atoms with Gasteiger partial charge in [0.2, 0.25) is 0 Å². The van der Waals surface area contributed by atoms with Gasteiger partial charge in [0.05, 0.1) is 0 Å². The molecule has 0 aliphatic carbocycles. The number of nitrogens with two attached hydrogens (primary N) is 1. The molecule has 16 heavy (non-hydrogen) atoms. The van der Waals surface area contributed by atoms with Gasteiger partial charge in [-0.2, -0.15) is 0 Å². The largest absolute Gasteiger partial charge is 0.369 e. The smallest absolute Gasteiger partial charge is 0.267 e. The maximum Gasteiger partial charge on any atom is 0.267 e. The highest BCUT2D eigenvalue weighted by atomic mass is 16.1. The molecule has 1 aromatic heterocycles. The second kappa shape index (κ2) is 4.49. The number of amides is 1. The van der Waals surface area contributed by atoms with Crippen molar-refractivity contribution in [3.63, 3.8) is 0 Å². The summed E-state index contributed by atoms with van der Waals surface area (Å²) in [5.74, 6) is -0.481. The molecule has 86 valence electrons. The van der Waals surface area contributed by atoms with Gasteiger partial charge in [-0.05, 0) is 19.1 Å². The van der Waals surface area contributed by atoms with Crippen LogP contribution in [0.3, 0.4) is 0 Å². The van der Waals surface area contributed by atoms with Crippen LogP contribution >= 0.6 is 0 Å². The van der Waals surface area contributed by atoms with Crippen LogP contribution in [0.5, 0.6) is 0 Å². The Morgan fingerprint density at radius 1 is 1.69 bits per heavy atom. The number of piperazine rings is 1.